The number of benzene rings is 1. The first kappa shape index (κ1) is 16.6. The fourth-order valence-electron chi connectivity index (χ4n) is 4.70. The van der Waals surface area contributed by atoms with Crippen LogP contribution in [0.3, 0.4) is 0 Å². The van der Waals surface area contributed by atoms with Crippen molar-refractivity contribution in [1.82, 2.24) is 0 Å². The third-order valence-electron chi connectivity index (χ3n) is 6.21. The second-order valence-electron chi connectivity index (χ2n) is 7.81. The van der Waals surface area contributed by atoms with Crippen molar-refractivity contribution < 1.29 is 14.3 Å². The fourth-order valence-corrected chi connectivity index (χ4v) is 4.70. The molecule has 3 aliphatic rings. The van der Waals surface area contributed by atoms with Crippen molar-refractivity contribution >= 4 is 17.2 Å². The highest BCUT2D eigenvalue weighted by molar-refractivity contribution is 6.07. The topological polar surface area (TPSA) is 47.9 Å². The molecule has 1 aromatic rings. The summed E-state index contributed by atoms with van der Waals surface area (Å²) in [6.07, 6.45) is 7.94. The smallest absolute Gasteiger partial charge is 0.163 e. The van der Waals surface area contributed by atoms with Crippen molar-refractivity contribution in [2.45, 2.75) is 58.0 Å². The highest BCUT2D eigenvalue weighted by Crippen LogP contribution is 2.47. The van der Waals surface area contributed by atoms with E-state index in [-0.39, 0.29) is 5.92 Å². The lowest BCUT2D eigenvalue weighted by molar-refractivity contribution is -0.121. The van der Waals surface area contributed by atoms with Gasteiger partial charge in [-0.25, -0.2) is 0 Å². The van der Waals surface area contributed by atoms with Gasteiger partial charge in [0.05, 0.1) is 18.7 Å². The van der Waals surface area contributed by atoms with Gasteiger partial charge in [-0.2, -0.15) is 0 Å². The first-order chi connectivity index (χ1) is 12.1. The molecule has 3 fully saturated rings. The number of Topliss-reactive ketones (excluding diaryl/α,β-unsaturated/α-hetero) is 1. The monoisotopic (exact) mass is 341 g/mol. The van der Waals surface area contributed by atoms with Gasteiger partial charge in [-0.05, 0) is 62.5 Å². The summed E-state index contributed by atoms with van der Waals surface area (Å²) < 4.78 is 11.8. The first-order valence-electron chi connectivity index (χ1n) is 9.59. The predicted molar refractivity (Wildman–Crippen MR) is 98.0 cm³/mol. The quantitative estimate of drug-likeness (QED) is 0.796. The van der Waals surface area contributed by atoms with E-state index in [1.54, 1.807) is 7.11 Å². The Morgan fingerprint density at radius 1 is 1.12 bits per heavy atom. The van der Waals surface area contributed by atoms with Gasteiger partial charge in [0, 0.05) is 18.2 Å². The van der Waals surface area contributed by atoms with Crippen LogP contribution in [-0.4, -0.2) is 24.7 Å². The normalized spacial score (nSPS) is 33.0. The minimum atomic E-state index is -0.0641. The van der Waals surface area contributed by atoms with Crippen molar-refractivity contribution in [2.75, 3.05) is 7.11 Å². The second kappa shape index (κ2) is 6.81. The largest absolute Gasteiger partial charge is 0.493 e. The first-order valence-corrected chi connectivity index (χ1v) is 9.59. The highest BCUT2D eigenvalue weighted by atomic mass is 16.5. The third-order valence-corrected chi connectivity index (χ3v) is 6.21. The van der Waals surface area contributed by atoms with Gasteiger partial charge in [0.1, 0.15) is 11.9 Å². The Hall–Kier alpha value is -1.84. The molecule has 2 bridgehead atoms. The zero-order valence-electron chi connectivity index (χ0n) is 15.2. The molecule has 0 N–H and O–H groups in total. The van der Waals surface area contributed by atoms with Crippen LogP contribution >= 0.6 is 0 Å². The molecule has 3 aliphatic carbocycles. The third kappa shape index (κ3) is 3.31. The van der Waals surface area contributed by atoms with Crippen LogP contribution in [0.2, 0.25) is 0 Å². The summed E-state index contributed by atoms with van der Waals surface area (Å²) in [5.74, 6) is 3.33. The Morgan fingerprint density at radius 3 is 2.72 bits per heavy atom. The van der Waals surface area contributed by atoms with Gasteiger partial charge >= 0.3 is 0 Å². The van der Waals surface area contributed by atoms with E-state index in [0.717, 1.165) is 48.1 Å². The van der Waals surface area contributed by atoms with E-state index < -0.39 is 0 Å². The molecule has 134 valence electrons. The molecule has 0 amide bonds. The Labute approximate surface area is 149 Å². The molecule has 1 unspecified atom stereocenters. The summed E-state index contributed by atoms with van der Waals surface area (Å²) in [5, 5.41) is 0. The molecule has 25 heavy (non-hydrogen) atoms. The van der Waals surface area contributed by atoms with Gasteiger partial charge < -0.3 is 9.47 Å². The highest BCUT2D eigenvalue weighted by Gasteiger charge is 2.41. The summed E-state index contributed by atoms with van der Waals surface area (Å²) in [6.45, 7) is 1.97. The van der Waals surface area contributed by atoms with E-state index >= 15 is 0 Å². The van der Waals surface area contributed by atoms with Crippen LogP contribution < -0.4 is 9.47 Å². The van der Waals surface area contributed by atoms with E-state index in [1.807, 2.05) is 25.1 Å². The van der Waals surface area contributed by atoms with Crippen LogP contribution in [0, 0.1) is 17.8 Å². The zero-order chi connectivity index (χ0) is 17.4. The van der Waals surface area contributed by atoms with E-state index in [0.29, 0.717) is 24.2 Å². The standard InChI is InChI=1S/C21H27NO3/c1-13-17(4-3-5-18(13)23)22-16-8-9-19(24-2)21(12-16)25-20-11-14-6-7-15(20)10-14/h8-9,12-15,20H,3-7,10-11H2,1-2H3/t13?,14-,15+,20+/m0/s1. The average Bonchev–Trinajstić information content (AvgIpc) is 3.22. The van der Waals surface area contributed by atoms with Crippen LogP contribution in [0.15, 0.2) is 23.2 Å². The van der Waals surface area contributed by atoms with E-state index in [1.165, 1.54) is 19.3 Å². The number of ketones is 1. The summed E-state index contributed by atoms with van der Waals surface area (Å²) in [7, 11) is 1.68. The number of hydrogen-bond acceptors (Lipinski definition) is 4. The number of carbonyl (C=O) groups is 1. The summed E-state index contributed by atoms with van der Waals surface area (Å²) >= 11 is 0. The maximum Gasteiger partial charge on any atom is 0.163 e. The van der Waals surface area contributed by atoms with E-state index in [4.69, 9.17) is 14.5 Å². The molecule has 0 radical (unpaired) electrons. The average molecular weight is 341 g/mol. The van der Waals surface area contributed by atoms with E-state index in [2.05, 4.69) is 0 Å². The Kier molecular flexibility index (Phi) is 4.53. The lowest BCUT2D eigenvalue weighted by Crippen LogP contribution is -2.25. The van der Waals surface area contributed by atoms with Gasteiger partial charge in [0.2, 0.25) is 0 Å². The van der Waals surface area contributed by atoms with Crippen molar-refractivity contribution in [3.63, 3.8) is 0 Å². The van der Waals surface area contributed by atoms with Crippen LogP contribution in [0.25, 0.3) is 0 Å². The van der Waals surface area contributed by atoms with Gasteiger partial charge in [-0.1, -0.05) is 6.92 Å². The Morgan fingerprint density at radius 2 is 2.00 bits per heavy atom. The minimum Gasteiger partial charge on any atom is -0.493 e. The number of rotatable bonds is 4. The number of hydrogen-bond donors (Lipinski definition) is 0. The summed E-state index contributed by atoms with van der Waals surface area (Å²) in [5.41, 5.74) is 1.85. The number of aliphatic imine (C=N–C) groups is 1. The van der Waals surface area contributed by atoms with Gasteiger partial charge in [-0.15, -0.1) is 0 Å². The van der Waals surface area contributed by atoms with Gasteiger partial charge in [-0.3, -0.25) is 9.79 Å². The Balaban J connectivity index is 1.56. The number of ether oxygens (including phenoxy) is 2. The minimum absolute atomic E-state index is 0.0641. The molecule has 4 atom stereocenters. The molecule has 0 spiro atoms. The van der Waals surface area contributed by atoms with Crippen molar-refractivity contribution in [3.05, 3.63) is 18.2 Å². The summed E-state index contributed by atoms with van der Waals surface area (Å²) in [6, 6.07) is 5.85. The van der Waals surface area contributed by atoms with Crippen LogP contribution in [0.1, 0.15) is 51.9 Å². The van der Waals surface area contributed by atoms with Gasteiger partial charge in [0.25, 0.3) is 0 Å². The molecule has 1 aromatic carbocycles. The van der Waals surface area contributed by atoms with Crippen LogP contribution in [0.4, 0.5) is 5.69 Å². The number of fused-ring (bicyclic) bond motifs is 2. The maximum atomic E-state index is 11.9. The van der Waals surface area contributed by atoms with Crippen molar-refractivity contribution in [3.8, 4) is 11.5 Å². The second-order valence-corrected chi connectivity index (χ2v) is 7.81. The molecule has 0 heterocycles. The lowest BCUT2D eigenvalue weighted by atomic mass is 9.87. The molecular formula is C21H27NO3. The number of nitrogens with zero attached hydrogens (tertiary/aromatic N) is 1. The van der Waals surface area contributed by atoms with Crippen molar-refractivity contribution in [1.29, 1.82) is 0 Å². The summed E-state index contributed by atoms with van der Waals surface area (Å²) in [4.78, 5) is 16.7. The van der Waals surface area contributed by atoms with Crippen molar-refractivity contribution in [2.24, 2.45) is 22.7 Å². The predicted octanol–water partition coefficient (Wildman–Crippen LogP) is 4.72. The maximum absolute atomic E-state index is 11.9. The Bertz CT molecular complexity index is 696. The lowest BCUT2D eigenvalue weighted by Gasteiger charge is -2.24. The SMILES string of the molecule is COc1ccc(N=C2CCCC(=O)C2C)cc1O[C@@H]1C[C@H]2CC[C@@H]1C2. The van der Waals surface area contributed by atoms with Crippen LogP contribution in [0.5, 0.6) is 11.5 Å². The van der Waals surface area contributed by atoms with Crippen LogP contribution in [-0.2, 0) is 4.79 Å². The molecule has 4 nitrogen and oxygen atoms in total. The molecule has 4 rings (SSSR count). The fraction of sp³-hybridized carbons (Fsp3) is 0.619. The molecule has 4 heteroatoms. The molecule has 0 aromatic heterocycles. The molecule has 0 saturated heterocycles. The molecular weight excluding hydrogens is 314 g/mol. The zero-order valence-corrected chi connectivity index (χ0v) is 15.2. The molecule has 3 saturated carbocycles. The number of methoxy groups -OCH3 is 1. The molecule has 0 aliphatic heterocycles. The van der Waals surface area contributed by atoms with Gasteiger partial charge in [0.15, 0.2) is 11.5 Å². The number of carbonyl (C=O) groups excluding carboxylic acids is 1. The van der Waals surface area contributed by atoms with E-state index in [9.17, 15) is 4.79 Å².